The summed E-state index contributed by atoms with van der Waals surface area (Å²) in [6.07, 6.45) is -6.76. The van der Waals surface area contributed by atoms with Crippen LogP contribution in [-0.2, 0) is 10.9 Å². The minimum atomic E-state index is -4.72. The molecule has 1 fully saturated rings. The van der Waals surface area contributed by atoms with Gasteiger partial charge in [0.05, 0.1) is 29.0 Å². The van der Waals surface area contributed by atoms with E-state index in [2.05, 4.69) is 20.7 Å². The number of halogens is 6. The number of pyridine rings is 2. The van der Waals surface area contributed by atoms with E-state index in [9.17, 15) is 31.1 Å². The summed E-state index contributed by atoms with van der Waals surface area (Å²) in [5.74, 6) is -1.88. The molecule has 1 aliphatic heterocycles. The first-order chi connectivity index (χ1) is 18.7. The highest BCUT2D eigenvalue weighted by atomic mass is 19.4. The van der Waals surface area contributed by atoms with E-state index >= 15 is 0 Å². The number of nitrogens with zero attached hydrogens (tertiary/aromatic N) is 5. The van der Waals surface area contributed by atoms with Crippen molar-refractivity contribution in [1.82, 2.24) is 19.6 Å². The Kier molecular flexibility index (Phi) is 6.99. The van der Waals surface area contributed by atoms with Gasteiger partial charge in [0.15, 0.2) is 5.65 Å². The molecule has 0 bridgehead atoms. The molecule has 3 atom stereocenters. The lowest BCUT2D eigenvalue weighted by Gasteiger charge is -2.30. The Hall–Kier alpha value is -3.70. The molecule has 0 radical (unpaired) electrons. The fourth-order valence-electron chi connectivity index (χ4n) is 5.03. The summed E-state index contributed by atoms with van der Waals surface area (Å²) in [6, 6.07) is 3.94. The molecule has 2 aliphatic rings. The molecule has 1 aliphatic carbocycles. The zero-order valence-electron chi connectivity index (χ0n) is 21.8. The van der Waals surface area contributed by atoms with Crippen molar-refractivity contribution in [2.45, 2.75) is 50.6 Å². The lowest BCUT2D eigenvalue weighted by molar-refractivity contribution is -0.158. The molecule has 40 heavy (non-hydrogen) atoms. The molecule has 7 nitrogen and oxygen atoms in total. The van der Waals surface area contributed by atoms with Crippen LogP contribution < -0.4 is 10.6 Å². The van der Waals surface area contributed by atoms with Crippen LogP contribution in [0.15, 0.2) is 41.0 Å². The van der Waals surface area contributed by atoms with Gasteiger partial charge in [-0.25, -0.2) is 19.6 Å². The molecule has 212 valence electrons. The summed E-state index contributed by atoms with van der Waals surface area (Å²) >= 11 is 0. The number of rotatable bonds is 4. The largest absolute Gasteiger partial charge is 0.418 e. The summed E-state index contributed by atoms with van der Waals surface area (Å²) in [5.41, 5.74) is 1.79. The van der Waals surface area contributed by atoms with E-state index < -0.39 is 36.4 Å². The maximum atomic E-state index is 13.7. The van der Waals surface area contributed by atoms with Crippen molar-refractivity contribution in [3.05, 3.63) is 74.9 Å². The van der Waals surface area contributed by atoms with Gasteiger partial charge in [0.2, 0.25) is 0 Å². The fourth-order valence-corrected chi connectivity index (χ4v) is 5.03. The summed E-state index contributed by atoms with van der Waals surface area (Å²) in [6.45, 7) is 1.52. The van der Waals surface area contributed by atoms with Crippen molar-refractivity contribution in [3.8, 4) is 0 Å². The number of alkyl halides is 6. The second-order valence-electron chi connectivity index (χ2n) is 10.1. The van der Waals surface area contributed by atoms with E-state index in [0.717, 1.165) is 17.7 Å². The van der Waals surface area contributed by atoms with Crippen LogP contribution in [0.4, 0.5) is 26.3 Å². The van der Waals surface area contributed by atoms with Gasteiger partial charge in [0, 0.05) is 49.8 Å². The minimum Gasteiger partial charge on any atom is -0.373 e. The molecule has 0 spiro atoms. The van der Waals surface area contributed by atoms with Crippen LogP contribution in [0, 0.1) is 12.8 Å². The highest BCUT2D eigenvalue weighted by Gasteiger charge is 2.41. The van der Waals surface area contributed by atoms with E-state index in [1.54, 1.807) is 31.4 Å². The smallest absolute Gasteiger partial charge is 0.373 e. The molecule has 0 amide bonds. The molecule has 1 saturated heterocycles. The van der Waals surface area contributed by atoms with Crippen molar-refractivity contribution in [3.63, 3.8) is 0 Å². The Balaban J connectivity index is 1.57. The van der Waals surface area contributed by atoms with Gasteiger partial charge in [-0.05, 0) is 50.0 Å². The minimum absolute atomic E-state index is 0.0283. The second kappa shape index (κ2) is 10.0. The second-order valence-corrected chi connectivity index (χ2v) is 10.1. The normalized spacial score (nSPS) is 21.6. The highest BCUT2D eigenvalue weighted by Crippen LogP contribution is 2.42. The average Bonchev–Trinajstić information content (AvgIpc) is 3.38. The Bertz CT molecular complexity index is 1590. The van der Waals surface area contributed by atoms with Gasteiger partial charge in [0.25, 0.3) is 5.56 Å². The van der Waals surface area contributed by atoms with Crippen LogP contribution in [0.5, 0.6) is 0 Å². The number of hydrogen-bond donors (Lipinski definition) is 0. The number of hydrogen-bond acceptors (Lipinski definition) is 6. The molecule has 0 N–H and O–H groups in total. The van der Waals surface area contributed by atoms with Crippen molar-refractivity contribution in [1.29, 1.82) is 0 Å². The van der Waals surface area contributed by atoms with E-state index in [4.69, 9.17) is 4.74 Å². The first-order valence-corrected chi connectivity index (χ1v) is 12.5. The van der Waals surface area contributed by atoms with Gasteiger partial charge in [-0.15, -0.1) is 5.73 Å². The van der Waals surface area contributed by atoms with Crippen molar-refractivity contribution < 1.29 is 31.1 Å². The lowest BCUT2D eigenvalue weighted by Crippen LogP contribution is -2.35. The summed E-state index contributed by atoms with van der Waals surface area (Å²) < 4.78 is 88.6. The molecule has 5 rings (SSSR count). The van der Waals surface area contributed by atoms with Gasteiger partial charge < -0.3 is 9.75 Å². The van der Waals surface area contributed by atoms with Crippen LogP contribution in [0.2, 0.25) is 0 Å². The molecule has 3 aromatic heterocycles. The number of aryl methyl sites for hydroxylation is 1. The van der Waals surface area contributed by atoms with Crippen molar-refractivity contribution in [2.75, 3.05) is 25.7 Å². The van der Waals surface area contributed by atoms with E-state index in [1.807, 2.05) is 0 Å². The highest BCUT2D eigenvalue weighted by molar-refractivity contribution is 5.89. The Labute approximate surface area is 224 Å². The first kappa shape index (κ1) is 27.9. The lowest BCUT2D eigenvalue weighted by atomic mass is 9.91. The Morgan fingerprint density at radius 1 is 1.10 bits per heavy atom. The van der Waals surface area contributed by atoms with Gasteiger partial charge in [-0.1, -0.05) is 0 Å². The van der Waals surface area contributed by atoms with Crippen LogP contribution >= 0.6 is 0 Å². The van der Waals surface area contributed by atoms with Gasteiger partial charge in [-0.3, -0.25) is 4.79 Å². The van der Waals surface area contributed by atoms with Crippen molar-refractivity contribution >= 4 is 16.6 Å². The number of aromatic nitrogens is 4. The standard InChI is InChI=1S/C27H25F6N5O2/c1-14-20(27(31,32)33)12-19-23(15-4-6-18(10-15)26(28,29)30)35-24(36-25(19)34-14)16-8-9-40-21(11-16)17-5-7-22(39)38(13-17)37(2)3/h5-7,12-13,16,18,21H,8-11H2,1-3H3. The molecule has 4 heterocycles. The Morgan fingerprint density at radius 3 is 2.50 bits per heavy atom. The maximum absolute atomic E-state index is 13.7. The van der Waals surface area contributed by atoms with Gasteiger partial charge in [-0.2, -0.15) is 26.3 Å². The van der Waals surface area contributed by atoms with Crippen LogP contribution in [0.25, 0.3) is 16.6 Å². The first-order valence-electron chi connectivity index (χ1n) is 12.5. The third-order valence-corrected chi connectivity index (χ3v) is 7.16. The predicted octanol–water partition coefficient (Wildman–Crippen LogP) is 5.47. The van der Waals surface area contributed by atoms with Crippen LogP contribution in [0.1, 0.15) is 59.6 Å². The molecular formula is C27H25F6N5O2. The number of allylic oxidation sites excluding steroid dienone is 1. The molecular weight excluding hydrogens is 540 g/mol. The zero-order valence-corrected chi connectivity index (χ0v) is 21.8. The topological polar surface area (TPSA) is 73.1 Å². The molecule has 0 saturated carbocycles. The maximum Gasteiger partial charge on any atom is 0.418 e. The van der Waals surface area contributed by atoms with Gasteiger partial charge >= 0.3 is 12.4 Å². The fraction of sp³-hybridized carbons (Fsp3) is 0.444. The quantitative estimate of drug-likeness (QED) is 0.309. The van der Waals surface area contributed by atoms with Crippen molar-refractivity contribution in [2.24, 2.45) is 5.92 Å². The summed E-state index contributed by atoms with van der Waals surface area (Å²) in [5, 5.41) is 1.53. The van der Waals surface area contributed by atoms with E-state index in [0.29, 0.717) is 19.4 Å². The zero-order chi connectivity index (χ0) is 29.0. The predicted molar refractivity (Wildman–Crippen MR) is 134 cm³/mol. The Morgan fingerprint density at radius 2 is 1.85 bits per heavy atom. The SMILES string of the molecule is Cc1nc2nc(C3CCOC(c4ccc(=O)n(N(C)C)c4)C3)nc(C3=C=CC(C(F)(F)F)C3)c2cc1C(F)(F)F. The number of fused-ring (bicyclic) bond motifs is 1. The average molecular weight is 566 g/mol. The molecule has 0 aromatic carbocycles. The van der Waals surface area contributed by atoms with Crippen LogP contribution in [-0.4, -0.2) is 46.5 Å². The van der Waals surface area contributed by atoms with Gasteiger partial charge in [0.1, 0.15) is 5.82 Å². The molecule has 3 unspecified atom stereocenters. The third-order valence-electron chi connectivity index (χ3n) is 7.16. The summed E-state index contributed by atoms with van der Waals surface area (Å²) in [7, 11) is 3.43. The monoisotopic (exact) mass is 565 g/mol. The van der Waals surface area contributed by atoms with Crippen LogP contribution in [0.3, 0.4) is 0 Å². The summed E-state index contributed by atoms with van der Waals surface area (Å²) in [4.78, 5) is 25.3. The van der Waals surface area contributed by atoms with E-state index in [-0.39, 0.29) is 45.3 Å². The van der Waals surface area contributed by atoms with E-state index in [1.165, 1.54) is 17.7 Å². The number of ether oxygens (including phenoxy) is 1. The molecule has 3 aromatic rings. The third kappa shape index (κ3) is 5.35. The molecule has 13 heteroatoms.